The van der Waals surface area contributed by atoms with Crippen molar-refractivity contribution in [1.82, 2.24) is 35.0 Å². The molecule has 1 amide bonds. The molecule has 0 radical (unpaired) electrons. The summed E-state index contributed by atoms with van der Waals surface area (Å²) in [6.07, 6.45) is 1.71. The minimum absolute atomic E-state index is 0.0404. The van der Waals surface area contributed by atoms with E-state index in [0.717, 1.165) is 16.7 Å². The van der Waals surface area contributed by atoms with E-state index in [-0.39, 0.29) is 11.9 Å². The lowest BCUT2D eigenvalue weighted by Crippen LogP contribution is -2.50. The van der Waals surface area contributed by atoms with Crippen LogP contribution in [-0.4, -0.2) is 67.1 Å². The summed E-state index contributed by atoms with van der Waals surface area (Å²) in [5.41, 5.74) is 3.65. The van der Waals surface area contributed by atoms with Crippen LogP contribution in [0.4, 0.5) is 0 Å². The lowest BCUT2D eigenvalue weighted by Gasteiger charge is -2.38. The van der Waals surface area contributed by atoms with E-state index in [4.69, 9.17) is 0 Å². The predicted octanol–water partition coefficient (Wildman–Crippen LogP) is 2.82. The Labute approximate surface area is 192 Å². The van der Waals surface area contributed by atoms with Gasteiger partial charge in [0, 0.05) is 32.4 Å². The summed E-state index contributed by atoms with van der Waals surface area (Å²) in [5.74, 6) is 0.627. The topological polar surface area (TPSA) is 80.0 Å². The third-order valence-electron chi connectivity index (χ3n) is 5.94. The Bertz CT molecular complexity index is 1220. The van der Waals surface area contributed by atoms with Crippen LogP contribution >= 0.6 is 0 Å². The average Bonchev–Trinajstić information content (AvgIpc) is 3.31. The highest BCUT2D eigenvalue weighted by Gasteiger charge is 2.31. The Morgan fingerprint density at radius 1 is 0.879 bits per heavy atom. The summed E-state index contributed by atoms with van der Waals surface area (Å²) in [4.78, 5) is 23.2. The molecule has 1 atom stereocenters. The first kappa shape index (κ1) is 21.0. The maximum Gasteiger partial charge on any atom is 0.272 e. The number of carbonyl (C=O) groups is 1. The number of amides is 1. The zero-order valence-electron chi connectivity index (χ0n) is 18.5. The number of pyridine rings is 1. The van der Waals surface area contributed by atoms with Crippen LogP contribution in [0.2, 0.25) is 0 Å². The number of hydrogen-bond acceptors (Lipinski definition) is 6. The first-order chi connectivity index (χ1) is 16.2. The van der Waals surface area contributed by atoms with E-state index in [0.29, 0.717) is 37.7 Å². The molecule has 2 aromatic carbocycles. The summed E-state index contributed by atoms with van der Waals surface area (Å²) < 4.78 is 0. The van der Waals surface area contributed by atoms with Crippen molar-refractivity contribution in [3.05, 3.63) is 96.1 Å². The van der Waals surface area contributed by atoms with Crippen molar-refractivity contribution in [2.45, 2.75) is 6.04 Å². The zero-order valence-corrected chi connectivity index (χ0v) is 18.5. The second-order valence-corrected chi connectivity index (χ2v) is 8.07. The average molecular weight is 440 g/mol. The third kappa shape index (κ3) is 4.51. The number of hydrogen-bond donors (Lipinski definition) is 0. The third-order valence-corrected chi connectivity index (χ3v) is 5.94. The molecule has 8 nitrogen and oxygen atoms in total. The van der Waals surface area contributed by atoms with Gasteiger partial charge < -0.3 is 4.90 Å². The summed E-state index contributed by atoms with van der Waals surface area (Å²) in [6.45, 7) is 2.64. The van der Waals surface area contributed by atoms with Gasteiger partial charge in [-0.15, -0.1) is 10.2 Å². The van der Waals surface area contributed by atoms with Gasteiger partial charge in [-0.2, -0.15) is 4.80 Å². The molecule has 3 heterocycles. The molecule has 0 bridgehead atoms. The summed E-state index contributed by atoms with van der Waals surface area (Å²) in [6, 6.07) is 23.9. The highest BCUT2D eigenvalue weighted by molar-refractivity contribution is 5.93. The van der Waals surface area contributed by atoms with E-state index in [2.05, 4.69) is 37.4 Å². The van der Waals surface area contributed by atoms with Gasteiger partial charge in [-0.25, -0.2) is 0 Å². The summed E-state index contributed by atoms with van der Waals surface area (Å²) >= 11 is 0. The van der Waals surface area contributed by atoms with Crippen molar-refractivity contribution < 1.29 is 4.79 Å². The van der Waals surface area contributed by atoms with Gasteiger partial charge in [-0.1, -0.05) is 60.7 Å². The van der Waals surface area contributed by atoms with Gasteiger partial charge in [0.1, 0.15) is 5.69 Å². The van der Waals surface area contributed by atoms with Crippen LogP contribution in [-0.2, 0) is 7.05 Å². The van der Waals surface area contributed by atoms with Crippen LogP contribution in [0, 0.1) is 0 Å². The first-order valence-corrected chi connectivity index (χ1v) is 11.0. The number of nitrogens with zero attached hydrogens (tertiary/aromatic N) is 7. The van der Waals surface area contributed by atoms with E-state index >= 15 is 0 Å². The summed E-state index contributed by atoms with van der Waals surface area (Å²) in [7, 11) is 1.77. The molecule has 4 aromatic rings. The predicted molar refractivity (Wildman–Crippen MR) is 124 cm³/mol. The van der Waals surface area contributed by atoms with Gasteiger partial charge in [0.2, 0.25) is 0 Å². The fourth-order valence-electron chi connectivity index (χ4n) is 4.27. The van der Waals surface area contributed by atoms with Crippen LogP contribution in [0.3, 0.4) is 0 Å². The number of aryl methyl sites for hydroxylation is 1. The molecule has 0 spiro atoms. The van der Waals surface area contributed by atoms with Gasteiger partial charge in [0.25, 0.3) is 5.91 Å². The molecular formula is C25H25N7O. The molecule has 1 unspecified atom stereocenters. The SMILES string of the molecule is Cn1nnc(C(c2ccccc2)N2CCN(C(=O)c3cc(-c4ccccc4)ccn3)CC2)n1. The number of piperazine rings is 1. The minimum Gasteiger partial charge on any atom is -0.335 e. The van der Waals surface area contributed by atoms with Gasteiger partial charge in [-0.05, 0) is 34.0 Å². The minimum atomic E-state index is -0.100. The second kappa shape index (κ2) is 9.30. The molecule has 0 N–H and O–H groups in total. The molecule has 1 saturated heterocycles. The number of benzene rings is 2. The number of carbonyl (C=O) groups excluding carboxylic acids is 1. The zero-order chi connectivity index (χ0) is 22.6. The fraction of sp³-hybridized carbons (Fsp3) is 0.240. The molecule has 2 aromatic heterocycles. The van der Waals surface area contributed by atoms with E-state index in [1.54, 1.807) is 13.2 Å². The Morgan fingerprint density at radius 2 is 1.58 bits per heavy atom. The van der Waals surface area contributed by atoms with Crippen molar-refractivity contribution in [2.75, 3.05) is 26.2 Å². The Kier molecular flexibility index (Phi) is 5.91. The molecular weight excluding hydrogens is 414 g/mol. The van der Waals surface area contributed by atoms with E-state index in [1.807, 2.05) is 65.6 Å². The monoisotopic (exact) mass is 439 g/mol. The van der Waals surface area contributed by atoms with E-state index < -0.39 is 0 Å². The Hall–Kier alpha value is -3.91. The molecule has 33 heavy (non-hydrogen) atoms. The molecule has 8 heteroatoms. The van der Waals surface area contributed by atoms with Crippen molar-refractivity contribution in [1.29, 1.82) is 0 Å². The van der Waals surface area contributed by atoms with E-state index in [1.165, 1.54) is 4.80 Å². The number of aromatic nitrogens is 5. The van der Waals surface area contributed by atoms with Gasteiger partial charge in [-0.3, -0.25) is 14.7 Å². The van der Waals surface area contributed by atoms with Crippen LogP contribution in [0.25, 0.3) is 11.1 Å². The van der Waals surface area contributed by atoms with Crippen molar-refractivity contribution in [3.8, 4) is 11.1 Å². The Morgan fingerprint density at radius 3 is 2.24 bits per heavy atom. The fourth-order valence-corrected chi connectivity index (χ4v) is 4.27. The molecule has 1 aliphatic heterocycles. The highest BCUT2D eigenvalue weighted by Crippen LogP contribution is 2.27. The second-order valence-electron chi connectivity index (χ2n) is 8.07. The highest BCUT2D eigenvalue weighted by atomic mass is 16.2. The van der Waals surface area contributed by atoms with Crippen LogP contribution in [0.5, 0.6) is 0 Å². The Balaban J connectivity index is 1.32. The van der Waals surface area contributed by atoms with Crippen LogP contribution in [0.1, 0.15) is 27.9 Å². The standard InChI is InChI=1S/C25H25N7O/c1-30-28-24(27-29-30)23(20-10-6-3-7-11-20)31-14-16-32(17-15-31)25(33)22-18-21(12-13-26-22)19-8-4-2-5-9-19/h2-13,18,23H,14-17H2,1H3. The van der Waals surface area contributed by atoms with E-state index in [9.17, 15) is 4.79 Å². The molecule has 0 aliphatic carbocycles. The van der Waals surface area contributed by atoms with Crippen molar-refractivity contribution in [2.24, 2.45) is 7.05 Å². The molecule has 1 aliphatic rings. The quantitative estimate of drug-likeness (QED) is 0.476. The number of rotatable bonds is 5. The largest absolute Gasteiger partial charge is 0.335 e. The van der Waals surface area contributed by atoms with Gasteiger partial charge in [0.15, 0.2) is 5.82 Å². The molecule has 0 saturated carbocycles. The maximum absolute atomic E-state index is 13.2. The van der Waals surface area contributed by atoms with Crippen LogP contribution < -0.4 is 0 Å². The first-order valence-electron chi connectivity index (χ1n) is 11.0. The van der Waals surface area contributed by atoms with Gasteiger partial charge >= 0.3 is 0 Å². The molecule has 1 fully saturated rings. The number of tetrazole rings is 1. The van der Waals surface area contributed by atoms with Crippen molar-refractivity contribution >= 4 is 5.91 Å². The summed E-state index contributed by atoms with van der Waals surface area (Å²) in [5, 5.41) is 12.8. The normalized spacial score (nSPS) is 15.4. The van der Waals surface area contributed by atoms with Gasteiger partial charge in [0.05, 0.1) is 13.1 Å². The lowest BCUT2D eigenvalue weighted by molar-refractivity contribution is 0.0586. The maximum atomic E-state index is 13.2. The van der Waals surface area contributed by atoms with Crippen molar-refractivity contribution in [3.63, 3.8) is 0 Å². The lowest BCUT2D eigenvalue weighted by atomic mass is 10.0. The smallest absolute Gasteiger partial charge is 0.272 e. The molecule has 5 rings (SSSR count). The van der Waals surface area contributed by atoms with Crippen LogP contribution in [0.15, 0.2) is 79.0 Å². The molecule has 166 valence electrons.